The average molecular weight is 266 g/mol. The van der Waals surface area contributed by atoms with E-state index in [1.165, 1.54) is 0 Å². The van der Waals surface area contributed by atoms with Crippen molar-refractivity contribution in [2.24, 2.45) is 7.05 Å². The third-order valence-corrected chi connectivity index (χ3v) is 3.19. The van der Waals surface area contributed by atoms with Crippen molar-refractivity contribution in [3.8, 4) is 0 Å². The average Bonchev–Trinajstić information content (AvgIpc) is 2.58. The summed E-state index contributed by atoms with van der Waals surface area (Å²) in [7, 11) is 1.89. The zero-order chi connectivity index (χ0) is 13.1. The molecule has 0 aliphatic carbocycles. The Hall–Kier alpha value is -1.46. The van der Waals surface area contributed by atoms with Crippen LogP contribution in [-0.4, -0.2) is 19.7 Å². The van der Waals surface area contributed by atoms with Gasteiger partial charge in [-0.2, -0.15) is 5.10 Å². The van der Waals surface area contributed by atoms with Gasteiger partial charge in [-0.25, -0.2) is 0 Å². The Morgan fingerprint density at radius 3 is 2.56 bits per heavy atom. The van der Waals surface area contributed by atoms with E-state index >= 15 is 0 Å². The molecule has 18 heavy (non-hydrogen) atoms. The molecule has 2 aromatic rings. The van der Waals surface area contributed by atoms with Gasteiger partial charge in [-0.3, -0.25) is 14.6 Å². The van der Waals surface area contributed by atoms with Crippen LogP contribution >= 0.6 is 11.6 Å². The highest BCUT2D eigenvalue weighted by molar-refractivity contribution is 6.31. The number of halogens is 1. The van der Waals surface area contributed by atoms with Crippen molar-refractivity contribution >= 4 is 11.6 Å². The van der Waals surface area contributed by atoms with Gasteiger partial charge < -0.3 is 5.32 Å². The van der Waals surface area contributed by atoms with Crippen LogP contribution < -0.4 is 5.32 Å². The first-order chi connectivity index (χ1) is 8.58. The molecule has 2 aromatic heterocycles. The van der Waals surface area contributed by atoms with Crippen LogP contribution in [-0.2, 0) is 20.1 Å². The predicted octanol–water partition coefficient (Wildman–Crippen LogP) is 1.77. The minimum Gasteiger partial charge on any atom is -0.305 e. The lowest BCUT2D eigenvalue weighted by molar-refractivity contribution is 0.617. The zero-order valence-electron chi connectivity index (χ0n) is 10.7. The van der Waals surface area contributed by atoms with Crippen molar-refractivity contribution in [3.63, 3.8) is 0 Å². The van der Waals surface area contributed by atoms with Gasteiger partial charge in [0.25, 0.3) is 0 Å². The molecule has 0 spiro atoms. The minimum absolute atomic E-state index is 0.658. The molecule has 0 saturated carbocycles. The first kappa shape index (κ1) is 13.0. The van der Waals surface area contributed by atoms with Crippen molar-refractivity contribution in [1.29, 1.82) is 0 Å². The van der Waals surface area contributed by atoms with E-state index in [0.29, 0.717) is 13.1 Å². The van der Waals surface area contributed by atoms with Crippen molar-refractivity contribution in [1.82, 2.24) is 25.1 Å². The van der Waals surface area contributed by atoms with Gasteiger partial charge in [-0.05, 0) is 13.8 Å². The standard InChI is InChI=1S/C12H16ClN5/c1-8-4-16-10(6-15-8)5-14-7-11-12(13)9(2)17-18(11)3/h4,6,14H,5,7H2,1-3H3. The van der Waals surface area contributed by atoms with E-state index in [1.54, 1.807) is 17.1 Å². The highest BCUT2D eigenvalue weighted by atomic mass is 35.5. The summed E-state index contributed by atoms with van der Waals surface area (Å²) in [6.45, 7) is 5.14. The molecule has 6 heteroatoms. The van der Waals surface area contributed by atoms with Crippen LogP contribution in [0.1, 0.15) is 22.8 Å². The Labute approximate surface area is 111 Å². The number of hydrogen-bond acceptors (Lipinski definition) is 4. The Morgan fingerprint density at radius 1 is 1.22 bits per heavy atom. The van der Waals surface area contributed by atoms with Gasteiger partial charge in [0.05, 0.1) is 27.8 Å². The summed E-state index contributed by atoms with van der Waals surface area (Å²) < 4.78 is 1.80. The number of nitrogens with one attached hydrogen (secondary N) is 1. The molecule has 5 nitrogen and oxygen atoms in total. The molecule has 0 unspecified atom stereocenters. The lowest BCUT2D eigenvalue weighted by Gasteiger charge is -2.05. The molecule has 2 rings (SSSR count). The Bertz CT molecular complexity index is 532. The van der Waals surface area contributed by atoms with Crippen LogP contribution in [0.2, 0.25) is 5.02 Å². The van der Waals surface area contributed by atoms with Crippen LogP contribution in [0.4, 0.5) is 0 Å². The molecular formula is C12H16ClN5. The van der Waals surface area contributed by atoms with E-state index in [-0.39, 0.29) is 0 Å². The van der Waals surface area contributed by atoms with Crippen molar-refractivity contribution in [3.05, 3.63) is 40.2 Å². The highest BCUT2D eigenvalue weighted by Gasteiger charge is 2.10. The molecular weight excluding hydrogens is 250 g/mol. The van der Waals surface area contributed by atoms with Crippen molar-refractivity contribution in [2.45, 2.75) is 26.9 Å². The largest absolute Gasteiger partial charge is 0.305 e. The van der Waals surface area contributed by atoms with Gasteiger partial charge in [0.2, 0.25) is 0 Å². The summed E-state index contributed by atoms with van der Waals surface area (Å²) in [5.41, 5.74) is 3.67. The highest BCUT2D eigenvalue weighted by Crippen LogP contribution is 2.18. The Kier molecular flexibility index (Phi) is 3.93. The summed E-state index contributed by atoms with van der Waals surface area (Å²) in [6.07, 6.45) is 3.54. The fraction of sp³-hybridized carbons (Fsp3) is 0.417. The lowest BCUT2D eigenvalue weighted by Crippen LogP contribution is -2.16. The van der Waals surface area contributed by atoms with Crippen LogP contribution in [0.15, 0.2) is 12.4 Å². The Morgan fingerprint density at radius 2 is 2.00 bits per heavy atom. The lowest BCUT2D eigenvalue weighted by atomic mass is 10.3. The number of aryl methyl sites for hydroxylation is 3. The molecule has 0 radical (unpaired) electrons. The van der Waals surface area contributed by atoms with Crippen molar-refractivity contribution < 1.29 is 0 Å². The van der Waals surface area contributed by atoms with Gasteiger partial charge in [0.15, 0.2) is 0 Å². The topological polar surface area (TPSA) is 55.6 Å². The van der Waals surface area contributed by atoms with Gasteiger partial charge >= 0.3 is 0 Å². The molecule has 0 atom stereocenters. The molecule has 0 aliphatic heterocycles. The van der Waals surface area contributed by atoms with E-state index < -0.39 is 0 Å². The maximum atomic E-state index is 6.17. The molecule has 0 amide bonds. The maximum Gasteiger partial charge on any atom is 0.0860 e. The van der Waals surface area contributed by atoms with Crippen LogP contribution in [0.25, 0.3) is 0 Å². The summed E-state index contributed by atoms with van der Waals surface area (Å²) in [4.78, 5) is 8.48. The Balaban J connectivity index is 1.94. The third-order valence-electron chi connectivity index (χ3n) is 2.69. The second kappa shape index (κ2) is 5.46. The number of rotatable bonds is 4. The van der Waals surface area contributed by atoms with E-state index in [1.807, 2.05) is 20.9 Å². The molecule has 0 bridgehead atoms. The molecule has 0 aliphatic rings. The van der Waals surface area contributed by atoms with Gasteiger partial charge in [0.1, 0.15) is 0 Å². The SMILES string of the molecule is Cc1cnc(CNCc2c(Cl)c(C)nn2C)cn1. The van der Waals surface area contributed by atoms with Crippen LogP contribution in [0, 0.1) is 13.8 Å². The second-order valence-corrected chi connectivity index (χ2v) is 4.60. The third kappa shape index (κ3) is 2.86. The molecule has 0 fully saturated rings. The summed E-state index contributed by atoms with van der Waals surface area (Å²) in [6, 6.07) is 0. The van der Waals surface area contributed by atoms with E-state index in [4.69, 9.17) is 11.6 Å². The van der Waals surface area contributed by atoms with Crippen LogP contribution in [0.3, 0.4) is 0 Å². The molecule has 1 N–H and O–H groups in total. The smallest absolute Gasteiger partial charge is 0.0860 e. The number of hydrogen-bond donors (Lipinski definition) is 1. The first-order valence-electron chi connectivity index (χ1n) is 5.74. The molecule has 0 aromatic carbocycles. The maximum absolute atomic E-state index is 6.17. The molecule has 96 valence electrons. The second-order valence-electron chi connectivity index (χ2n) is 4.22. The molecule has 0 saturated heterocycles. The number of nitrogens with zero attached hydrogens (tertiary/aromatic N) is 4. The minimum atomic E-state index is 0.658. The quantitative estimate of drug-likeness (QED) is 0.915. The van der Waals surface area contributed by atoms with E-state index in [0.717, 1.165) is 27.8 Å². The summed E-state index contributed by atoms with van der Waals surface area (Å²) in [5, 5.41) is 8.27. The van der Waals surface area contributed by atoms with Crippen molar-refractivity contribution in [2.75, 3.05) is 0 Å². The fourth-order valence-electron chi connectivity index (χ4n) is 1.69. The van der Waals surface area contributed by atoms with Crippen LogP contribution in [0.5, 0.6) is 0 Å². The monoisotopic (exact) mass is 265 g/mol. The summed E-state index contributed by atoms with van der Waals surface area (Å²) in [5.74, 6) is 0. The number of aromatic nitrogens is 4. The normalized spacial score (nSPS) is 10.9. The van der Waals surface area contributed by atoms with Gasteiger partial charge in [-0.1, -0.05) is 11.6 Å². The zero-order valence-corrected chi connectivity index (χ0v) is 11.5. The summed E-state index contributed by atoms with van der Waals surface area (Å²) >= 11 is 6.17. The van der Waals surface area contributed by atoms with Gasteiger partial charge in [-0.15, -0.1) is 0 Å². The van der Waals surface area contributed by atoms with E-state index in [2.05, 4.69) is 20.4 Å². The van der Waals surface area contributed by atoms with Gasteiger partial charge in [0, 0.05) is 32.5 Å². The molecule has 2 heterocycles. The fourth-order valence-corrected chi connectivity index (χ4v) is 1.92. The van der Waals surface area contributed by atoms with E-state index in [9.17, 15) is 0 Å². The predicted molar refractivity (Wildman–Crippen MR) is 70.3 cm³/mol. The first-order valence-corrected chi connectivity index (χ1v) is 6.12.